The van der Waals surface area contributed by atoms with E-state index in [0.717, 1.165) is 73.3 Å². The molecule has 0 amide bonds. The molecule has 0 fully saturated rings. The van der Waals surface area contributed by atoms with Gasteiger partial charge in [-0.1, -0.05) is 115 Å². The molecular weight excluding hydrogens is 685 g/mol. The monoisotopic (exact) mass is 718 g/mol. The zero-order valence-electron chi connectivity index (χ0n) is 30.4. The van der Waals surface area contributed by atoms with E-state index in [1.807, 2.05) is 6.07 Å². The van der Waals surface area contributed by atoms with E-state index < -0.39 is 0 Å². The van der Waals surface area contributed by atoms with Crippen LogP contribution >= 0.6 is 0 Å². The van der Waals surface area contributed by atoms with E-state index >= 15 is 0 Å². The molecule has 1 aliphatic carbocycles. The Bertz CT molecular complexity index is 3310. The molecule has 12 rings (SSSR count). The fraction of sp³-hybridized carbons (Fsp3) is 0.0385. The van der Waals surface area contributed by atoms with Crippen LogP contribution in [0.4, 0.5) is 11.4 Å². The number of benzene rings is 8. The quantitative estimate of drug-likeness (QED) is 0.178. The highest BCUT2D eigenvalue weighted by atomic mass is 16.3. The summed E-state index contributed by atoms with van der Waals surface area (Å²) in [6.07, 6.45) is 5.34. The SMILES string of the molecule is C1=CC(N(c2ccc(-n3c4ccccc4c4ccccc43)cc2)c2ccccc2-c2ccc3oc4cc5ccccc5cc4c3c2)Cc2oc3ccccc3c21. The number of aromatic nitrogens is 1. The van der Waals surface area contributed by atoms with E-state index in [4.69, 9.17) is 8.83 Å². The molecule has 0 spiro atoms. The van der Waals surface area contributed by atoms with E-state index in [0.29, 0.717) is 0 Å². The van der Waals surface area contributed by atoms with Gasteiger partial charge in [0.15, 0.2) is 0 Å². The van der Waals surface area contributed by atoms with Gasteiger partial charge in [-0.2, -0.15) is 0 Å². The molecule has 8 aromatic carbocycles. The molecule has 56 heavy (non-hydrogen) atoms. The summed E-state index contributed by atoms with van der Waals surface area (Å²) >= 11 is 0. The Balaban J connectivity index is 1.02. The van der Waals surface area contributed by atoms with Gasteiger partial charge in [-0.15, -0.1) is 0 Å². The van der Waals surface area contributed by atoms with Crippen molar-refractivity contribution in [1.82, 2.24) is 4.57 Å². The topological polar surface area (TPSA) is 34.5 Å². The summed E-state index contributed by atoms with van der Waals surface area (Å²) in [6.45, 7) is 0. The van der Waals surface area contributed by atoms with E-state index in [1.165, 1.54) is 38.1 Å². The minimum Gasteiger partial charge on any atom is -0.460 e. The minimum absolute atomic E-state index is 0.00755. The number of anilines is 2. The molecule has 264 valence electrons. The first-order valence-corrected chi connectivity index (χ1v) is 19.3. The van der Waals surface area contributed by atoms with Gasteiger partial charge in [0.05, 0.1) is 17.1 Å². The smallest absolute Gasteiger partial charge is 0.136 e. The summed E-state index contributed by atoms with van der Waals surface area (Å²) < 4.78 is 15.3. The van der Waals surface area contributed by atoms with Crippen LogP contribution in [0, 0.1) is 0 Å². The summed E-state index contributed by atoms with van der Waals surface area (Å²) in [5, 5.41) is 8.30. The predicted molar refractivity (Wildman–Crippen MR) is 232 cm³/mol. The Hall–Kier alpha value is -7.30. The molecular formula is C52H34N2O2. The third-order valence-electron chi connectivity index (χ3n) is 11.7. The standard InChI is InChI=1S/C52H34N2O2/c1-2-12-34-31-51-45(29-33(34)11-1)44-30-35(21-28-50(44)56-51)39-13-3-7-17-46(39)53(38-26-27-43-42-16-6-10-20-49(42)55-52(43)32-38)36-22-24-37(25-23-36)54-47-18-8-4-14-40(47)41-15-5-9-19-48(41)54/h1-31,38H,32H2. The highest BCUT2D eigenvalue weighted by Crippen LogP contribution is 2.43. The summed E-state index contributed by atoms with van der Waals surface area (Å²) in [4.78, 5) is 2.49. The van der Waals surface area contributed by atoms with Gasteiger partial charge >= 0.3 is 0 Å². The first kappa shape index (κ1) is 31.1. The Morgan fingerprint density at radius 2 is 1.14 bits per heavy atom. The van der Waals surface area contributed by atoms with Gasteiger partial charge < -0.3 is 18.3 Å². The number of rotatable bonds is 5. The lowest BCUT2D eigenvalue weighted by Gasteiger charge is -2.35. The summed E-state index contributed by atoms with van der Waals surface area (Å²) in [7, 11) is 0. The molecule has 3 aromatic heterocycles. The van der Waals surface area contributed by atoms with Gasteiger partial charge in [-0.05, 0) is 89.1 Å². The second kappa shape index (κ2) is 12.1. The summed E-state index contributed by atoms with van der Waals surface area (Å²) in [6, 6.07) is 63.1. The third-order valence-corrected chi connectivity index (χ3v) is 11.7. The number of hydrogen-bond acceptors (Lipinski definition) is 3. The Morgan fingerprint density at radius 3 is 1.95 bits per heavy atom. The predicted octanol–water partition coefficient (Wildman–Crippen LogP) is 14.0. The lowest BCUT2D eigenvalue weighted by Crippen LogP contribution is -2.33. The van der Waals surface area contributed by atoms with Crippen molar-refractivity contribution in [2.75, 3.05) is 4.90 Å². The van der Waals surface area contributed by atoms with Crippen molar-refractivity contribution < 1.29 is 8.83 Å². The second-order valence-electron chi connectivity index (χ2n) is 14.8. The van der Waals surface area contributed by atoms with Gasteiger partial charge in [0.1, 0.15) is 22.5 Å². The highest BCUT2D eigenvalue weighted by Gasteiger charge is 2.28. The van der Waals surface area contributed by atoms with Crippen LogP contribution in [0.3, 0.4) is 0 Å². The average molecular weight is 719 g/mol. The number of furan rings is 2. The molecule has 11 aromatic rings. The first-order chi connectivity index (χ1) is 27.7. The van der Waals surface area contributed by atoms with Crippen LogP contribution < -0.4 is 4.90 Å². The van der Waals surface area contributed by atoms with Gasteiger partial charge in [0.2, 0.25) is 0 Å². The maximum Gasteiger partial charge on any atom is 0.136 e. The van der Waals surface area contributed by atoms with Crippen LogP contribution in [0.5, 0.6) is 0 Å². The average Bonchev–Trinajstić information content (AvgIpc) is 3.92. The summed E-state index contributed by atoms with van der Waals surface area (Å²) in [5.74, 6) is 1.02. The lowest BCUT2D eigenvalue weighted by atomic mass is 9.94. The van der Waals surface area contributed by atoms with E-state index in [1.54, 1.807) is 0 Å². The highest BCUT2D eigenvalue weighted by molar-refractivity contribution is 6.12. The molecule has 0 saturated heterocycles. The molecule has 0 N–H and O–H groups in total. The Morgan fingerprint density at radius 1 is 0.500 bits per heavy atom. The molecule has 1 atom stereocenters. The molecule has 4 nitrogen and oxygen atoms in total. The fourth-order valence-corrected chi connectivity index (χ4v) is 9.12. The number of para-hydroxylation sites is 4. The Kier molecular flexibility index (Phi) is 6.72. The van der Waals surface area contributed by atoms with Crippen LogP contribution in [-0.4, -0.2) is 10.6 Å². The van der Waals surface area contributed by atoms with Crippen molar-refractivity contribution in [2.45, 2.75) is 12.5 Å². The molecule has 3 heterocycles. The minimum atomic E-state index is 0.00755. The maximum atomic E-state index is 6.53. The van der Waals surface area contributed by atoms with Gasteiger partial charge in [0, 0.05) is 61.5 Å². The number of nitrogens with zero attached hydrogens (tertiary/aromatic N) is 2. The van der Waals surface area contributed by atoms with Crippen LogP contribution in [-0.2, 0) is 6.42 Å². The third kappa shape index (κ3) is 4.72. The van der Waals surface area contributed by atoms with Crippen molar-refractivity contribution in [3.05, 3.63) is 193 Å². The van der Waals surface area contributed by atoms with E-state index in [9.17, 15) is 0 Å². The first-order valence-electron chi connectivity index (χ1n) is 19.3. The van der Waals surface area contributed by atoms with Crippen LogP contribution in [0.25, 0.3) is 88.4 Å². The second-order valence-corrected chi connectivity index (χ2v) is 14.8. The van der Waals surface area contributed by atoms with E-state index in [-0.39, 0.29) is 6.04 Å². The largest absolute Gasteiger partial charge is 0.460 e. The van der Waals surface area contributed by atoms with Crippen molar-refractivity contribution >= 4 is 82.9 Å². The van der Waals surface area contributed by atoms with E-state index in [2.05, 4.69) is 191 Å². The normalized spacial score (nSPS) is 14.1. The lowest BCUT2D eigenvalue weighted by molar-refractivity contribution is 0.529. The molecule has 0 radical (unpaired) electrons. The molecule has 0 saturated carbocycles. The molecule has 0 bridgehead atoms. The maximum absolute atomic E-state index is 6.53. The van der Waals surface area contributed by atoms with Crippen LogP contribution in [0.1, 0.15) is 11.3 Å². The van der Waals surface area contributed by atoms with Crippen LogP contribution in [0.2, 0.25) is 0 Å². The van der Waals surface area contributed by atoms with Gasteiger partial charge in [0.25, 0.3) is 0 Å². The van der Waals surface area contributed by atoms with Crippen molar-refractivity contribution in [3.8, 4) is 16.8 Å². The zero-order valence-corrected chi connectivity index (χ0v) is 30.4. The van der Waals surface area contributed by atoms with Gasteiger partial charge in [-0.25, -0.2) is 0 Å². The van der Waals surface area contributed by atoms with Crippen molar-refractivity contribution in [3.63, 3.8) is 0 Å². The number of fused-ring (bicyclic) bond motifs is 10. The summed E-state index contributed by atoms with van der Waals surface area (Å²) in [5.41, 5.74) is 12.0. The fourth-order valence-electron chi connectivity index (χ4n) is 9.12. The molecule has 1 unspecified atom stereocenters. The van der Waals surface area contributed by atoms with Gasteiger partial charge in [-0.3, -0.25) is 0 Å². The molecule has 0 aliphatic heterocycles. The zero-order chi connectivity index (χ0) is 36.7. The number of hydrogen-bond donors (Lipinski definition) is 0. The van der Waals surface area contributed by atoms with Crippen molar-refractivity contribution in [2.24, 2.45) is 0 Å². The molecule has 1 aliphatic rings. The Labute approximate surface area is 322 Å². The molecule has 4 heteroatoms. The van der Waals surface area contributed by atoms with Crippen molar-refractivity contribution in [1.29, 1.82) is 0 Å². The van der Waals surface area contributed by atoms with Crippen LogP contribution in [0.15, 0.2) is 191 Å².